The lowest BCUT2D eigenvalue weighted by molar-refractivity contribution is -0.117. The number of hydrogen-bond donors (Lipinski definition) is 2. The van der Waals surface area contributed by atoms with Crippen LogP contribution in [0, 0.1) is 0 Å². The highest BCUT2D eigenvalue weighted by atomic mass is 32.2. The van der Waals surface area contributed by atoms with E-state index in [-0.39, 0.29) is 11.7 Å². The number of sulfone groups is 1. The van der Waals surface area contributed by atoms with Gasteiger partial charge in [0.1, 0.15) is 9.84 Å². The summed E-state index contributed by atoms with van der Waals surface area (Å²) in [7, 11) is -1.35. The van der Waals surface area contributed by atoms with Gasteiger partial charge in [-0.1, -0.05) is 12.1 Å². The number of aliphatic imine (C=N–C) groups is 1. The van der Waals surface area contributed by atoms with Crippen molar-refractivity contribution < 1.29 is 13.2 Å². The van der Waals surface area contributed by atoms with Gasteiger partial charge in [0.05, 0.1) is 5.75 Å². The van der Waals surface area contributed by atoms with Crippen molar-refractivity contribution in [2.24, 2.45) is 4.99 Å². The van der Waals surface area contributed by atoms with Crippen LogP contribution in [0.5, 0.6) is 0 Å². The standard InChI is InChI=1S/C16H24N4O3S/c1-17-16(18-9-11-24(2,22)23)19-12-13-5-7-14(8-6-13)20-10-3-4-15(20)21/h5-8H,3-4,9-12H2,1-2H3,(H2,17,18,19). The summed E-state index contributed by atoms with van der Waals surface area (Å²) < 4.78 is 22.2. The van der Waals surface area contributed by atoms with Crippen LogP contribution in [-0.4, -0.2) is 52.4 Å². The molecule has 1 aromatic carbocycles. The van der Waals surface area contributed by atoms with Crippen molar-refractivity contribution in [3.8, 4) is 0 Å². The Bertz CT molecular complexity index is 699. The van der Waals surface area contributed by atoms with Crippen LogP contribution < -0.4 is 15.5 Å². The average molecular weight is 352 g/mol. The molecule has 1 amide bonds. The average Bonchev–Trinajstić information content (AvgIpc) is 2.96. The molecule has 2 N–H and O–H groups in total. The first-order valence-electron chi connectivity index (χ1n) is 7.90. The van der Waals surface area contributed by atoms with Gasteiger partial charge in [-0.25, -0.2) is 8.42 Å². The number of rotatable bonds is 6. The minimum Gasteiger partial charge on any atom is -0.355 e. The second-order valence-electron chi connectivity index (χ2n) is 5.80. The van der Waals surface area contributed by atoms with Crippen LogP contribution in [-0.2, 0) is 21.2 Å². The molecule has 0 saturated carbocycles. The fraction of sp³-hybridized carbons (Fsp3) is 0.500. The number of guanidine groups is 1. The summed E-state index contributed by atoms with van der Waals surface area (Å²) in [4.78, 5) is 17.6. The van der Waals surface area contributed by atoms with Gasteiger partial charge in [0, 0.05) is 45.0 Å². The molecule has 0 aromatic heterocycles. The number of hydrogen-bond acceptors (Lipinski definition) is 4. The van der Waals surface area contributed by atoms with Crippen molar-refractivity contribution >= 4 is 27.4 Å². The van der Waals surface area contributed by atoms with Gasteiger partial charge in [-0.3, -0.25) is 9.79 Å². The molecule has 1 aliphatic heterocycles. The molecule has 132 valence electrons. The Morgan fingerprint density at radius 1 is 1.25 bits per heavy atom. The van der Waals surface area contributed by atoms with Gasteiger partial charge in [0.2, 0.25) is 5.91 Å². The van der Waals surface area contributed by atoms with Crippen molar-refractivity contribution in [1.29, 1.82) is 0 Å². The van der Waals surface area contributed by atoms with E-state index in [9.17, 15) is 13.2 Å². The summed E-state index contributed by atoms with van der Waals surface area (Å²) in [5.74, 6) is 0.792. The summed E-state index contributed by atoms with van der Waals surface area (Å²) >= 11 is 0. The van der Waals surface area contributed by atoms with Gasteiger partial charge in [-0.15, -0.1) is 0 Å². The first-order chi connectivity index (χ1) is 11.4. The topological polar surface area (TPSA) is 90.9 Å². The zero-order valence-electron chi connectivity index (χ0n) is 14.1. The molecule has 1 heterocycles. The van der Waals surface area contributed by atoms with E-state index in [1.165, 1.54) is 6.26 Å². The first-order valence-corrected chi connectivity index (χ1v) is 9.96. The molecule has 1 aliphatic rings. The fourth-order valence-corrected chi connectivity index (χ4v) is 2.95. The van der Waals surface area contributed by atoms with Crippen LogP contribution in [0.2, 0.25) is 0 Å². The van der Waals surface area contributed by atoms with Crippen molar-refractivity contribution in [1.82, 2.24) is 10.6 Å². The number of amides is 1. The van der Waals surface area contributed by atoms with Crippen LogP contribution >= 0.6 is 0 Å². The summed E-state index contributed by atoms with van der Waals surface area (Å²) in [5, 5.41) is 6.10. The Morgan fingerprint density at radius 3 is 2.50 bits per heavy atom. The molecule has 2 rings (SSSR count). The summed E-state index contributed by atoms with van der Waals surface area (Å²) in [6.07, 6.45) is 2.74. The molecule has 0 unspecified atom stereocenters. The third-order valence-corrected chi connectivity index (χ3v) is 4.72. The third kappa shape index (κ3) is 5.52. The molecule has 1 saturated heterocycles. The lowest BCUT2D eigenvalue weighted by Crippen LogP contribution is -2.39. The van der Waals surface area contributed by atoms with E-state index in [0.29, 0.717) is 25.5 Å². The quantitative estimate of drug-likeness (QED) is 0.575. The van der Waals surface area contributed by atoms with Crippen LogP contribution in [0.4, 0.5) is 5.69 Å². The van der Waals surface area contributed by atoms with Gasteiger partial charge in [-0.2, -0.15) is 0 Å². The van der Waals surface area contributed by atoms with E-state index in [1.807, 2.05) is 29.2 Å². The molecule has 8 heteroatoms. The van der Waals surface area contributed by atoms with Crippen molar-refractivity contribution in [3.63, 3.8) is 0 Å². The maximum atomic E-state index is 11.7. The third-order valence-electron chi connectivity index (χ3n) is 3.77. The van der Waals surface area contributed by atoms with E-state index in [1.54, 1.807) is 7.05 Å². The lowest BCUT2D eigenvalue weighted by Gasteiger charge is -2.16. The number of carbonyl (C=O) groups excluding carboxylic acids is 1. The van der Waals surface area contributed by atoms with E-state index in [2.05, 4.69) is 15.6 Å². The molecule has 0 spiro atoms. The van der Waals surface area contributed by atoms with E-state index < -0.39 is 9.84 Å². The zero-order chi connectivity index (χ0) is 17.6. The number of anilines is 1. The van der Waals surface area contributed by atoms with Crippen LogP contribution in [0.25, 0.3) is 0 Å². The molecule has 1 fully saturated rings. The minimum absolute atomic E-state index is 0.0618. The van der Waals surface area contributed by atoms with Crippen LogP contribution in [0.3, 0.4) is 0 Å². The Labute approximate surface area is 143 Å². The van der Waals surface area contributed by atoms with Crippen molar-refractivity contribution in [3.05, 3.63) is 29.8 Å². The molecule has 0 bridgehead atoms. The summed E-state index contributed by atoms with van der Waals surface area (Å²) in [6.45, 7) is 1.66. The second-order valence-corrected chi connectivity index (χ2v) is 8.06. The van der Waals surface area contributed by atoms with Crippen molar-refractivity contribution in [2.75, 3.05) is 37.0 Å². The zero-order valence-corrected chi connectivity index (χ0v) is 14.9. The van der Waals surface area contributed by atoms with Crippen molar-refractivity contribution in [2.45, 2.75) is 19.4 Å². The van der Waals surface area contributed by atoms with Gasteiger partial charge in [0.15, 0.2) is 5.96 Å². The van der Waals surface area contributed by atoms with Gasteiger partial charge >= 0.3 is 0 Å². The molecule has 24 heavy (non-hydrogen) atoms. The fourth-order valence-electron chi connectivity index (χ4n) is 2.48. The summed E-state index contributed by atoms with van der Waals surface area (Å²) in [6, 6.07) is 7.83. The molecular weight excluding hydrogens is 328 g/mol. The molecule has 7 nitrogen and oxygen atoms in total. The minimum atomic E-state index is -2.99. The Hall–Kier alpha value is -2.09. The first kappa shape index (κ1) is 18.3. The Morgan fingerprint density at radius 2 is 1.96 bits per heavy atom. The number of nitrogens with one attached hydrogen (secondary N) is 2. The lowest BCUT2D eigenvalue weighted by atomic mass is 10.2. The molecule has 0 atom stereocenters. The maximum absolute atomic E-state index is 11.7. The smallest absolute Gasteiger partial charge is 0.227 e. The van der Waals surface area contributed by atoms with Crippen LogP contribution in [0.15, 0.2) is 29.3 Å². The molecule has 0 aliphatic carbocycles. The maximum Gasteiger partial charge on any atom is 0.227 e. The predicted octanol–water partition coefficient (Wildman–Crippen LogP) is 0.523. The van der Waals surface area contributed by atoms with E-state index >= 15 is 0 Å². The predicted molar refractivity (Wildman–Crippen MR) is 95.9 cm³/mol. The van der Waals surface area contributed by atoms with Gasteiger partial charge < -0.3 is 15.5 Å². The highest BCUT2D eigenvalue weighted by Gasteiger charge is 2.21. The Kier molecular flexibility index (Phi) is 6.19. The molecule has 1 aromatic rings. The summed E-state index contributed by atoms with van der Waals surface area (Å²) in [5.41, 5.74) is 1.98. The van der Waals surface area contributed by atoms with E-state index in [0.717, 1.165) is 24.2 Å². The normalized spacial score (nSPS) is 15.7. The molecular formula is C16H24N4O3S. The van der Waals surface area contributed by atoms with Gasteiger partial charge in [-0.05, 0) is 24.1 Å². The number of nitrogens with zero attached hydrogens (tertiary/aromatic N) is 2. The van der Waals surface area contributed by atoms with Crippen LogP contribution in [0.1, 0.15) is 18.4 Å². The highest BCUT2D eigenvalue weighted by Crippen LogP contribution is 2.21. The number of carbonyl (C=O) groups is 1. The highest BCUT2D eigenvalue weighted by molar-refractivity contribution is 7.90. The Balaban J connectivity index is 1.83. The monoisotopic (exact) mass is 352 g/mol. The largest absolute Gasteiger partial charge is 0.355 e. The number of benzene rings is 1. The second kappa shape index (κ2) is 8.14. The SMILES string of the molecule is CN=C(NCCS(C)(=O)=O)NCc1ccc(N2CCCC2=O)cc1. The van der Waals surface area contributed by atoms with Gasteiger partial charge in [0.25, 0.3) is 0 Å². The molecule has 0 radical (unpaired) electrons. The van der Waals surface area contributed by atoms with E-state index in [4.69, 9.17) is 0 Å².